The van der Waals surface area contributed by atoms with Crippen molar-refractivity contribution in [1.82, 2.24) is 19.6 Å². The molecule has 3 aromatic rings. The Labute approximate surface area is 97.9 Å². The van der Waals surface area contributed by atoms with E-state index in [2.05, 4.69) is 15.1 Å². The minimum atomic E-state index is 0.635. The fourth-order valence-corrected chi connectivity index (χ4v) is 1.68. The number of nitrogens with zero attached hydrogens (tertiary/aromatic N) is 4. The molecule has 0 radical (unpaired) electrons. The van der Waals surface area contributed by atoms with Crippen LogP contribution in [0.1, 0.15) is 5.56 Å². The van der Waals surface area contributed by atoms with E-state index in [-0.39, 0.29) is 0 Å². The Balaban J connectivity index is 2.24. The zero-order valence-electron chi connectivity index (χ0n) is 9.33. The summed E-state index contributed by atoms with van der Waals surface area (Å²) < 4.78 is 1.69. The smallest absolute Gasteiger partial charge is 0.183 e. The lowest BCUT2D eigenvalue weighted by atomic mass is 10.2. The third kappa shape index (κ3) is 1.52. The third-order valence-electron chi connectivity index (χ3n) is 2.68. The second-order valence-electron chi connectivity index (χ2n) is 3.86. The number of hydrogen-bond donors (Lipinski definition) is 1. The molecule has 3 rings (SSSR count). The molecule has 0 atom stereocenters. The molecule has 0 aliphatic rings. The summed E-state index contributed by atoms with van der Waals surface area (Å²) >= 11 is 0. The predicted molar refractivity (Wildman–Crippen MR) is 65.4 cm³/mol. The van der Waals surface area contributed by atoms with Crippen molar-refractivity contribution in [2.45, 2.75) is 6.92 Å². The average Bonchev–Trinajstić information content (AvgIpc) is 2.80. The molecular formula is C12H11N5. The number of anilines is 1. The van der Waals surface area contributed by atoms with Crippen LogP contribution in [0.4, 0.5) is 5.69 Å². The first kappa shape index (κ1) is 9.77. The van der Waals surface area contributed by atoms with Gasteiger partial charge in [-0.3, -0.25) is 4.98 Å². The van der Waals surface area contributed by atoms with Gasteiger partial charge in [0.2, 0.25) is 0 Å². The zero-order chi connectivity index (χ0) is 11.8. The second kappa shape index (κ2) is 3.55. The number of nitrogen functional groups attached to an aromatic ring is 1. The maximum absolute atomic E-state index is 5.97. The SMILES string of the molecule is Cc1ccn2nc(-c3cccnc3)nc2c1N. The quantitative estimate of drug-likeness (QED) is 0.684. The molecule has 0 saturated carbocycles. The molecule has 0 saturated heterocycles. The summed E-state index contributed by atoms with van der Waals surface area (Å²) in [5.41, 5.74) is 9.20. The number of pyridine rings is 2. The molecule has 84 valence electrons. The van der Waals surface area contributed by atoms with Crippen molar-refractivity contribution in [2.75, 3.05) is 5.73 Å². The summed E-state index contributed by atoms with van der Waals surface area (Å²) in [6.07, 6.45) is 5.31. The van der Waals surface area contributed by atoms with Crippen LogP contribution >= 0.6 is 0 Å². The first-order valence-corrected chi connectivity index (χ1v) is 5.27. The molecule has 0 amide bonds. The molecule has 0 bridgehead atoms. The van der Waals surface area contributed by atoms with Gasteiger partial charge in [0.05, 0.1) is 5.69 Å². The zero-order valence-corrected chi connectivity index (χ0v) is 9.33. The van der Waals surface area contributed by atoms with Gasteiger partial charge in [-0.15, -0.1) is 5.10 Å². The fourth-order valence-electron chi connectivity index (χ4n) is 1.68. The summed E-state index contributed by atoms with van der Waals surface area (Å²) in [4.78, 5) is 8.48. The topological polar surface area (TPSA) is 69.1 Å². The van der Waals surface area contributed by atoms with Crippen molar-refractivity contribution in [2.24, 2.45) is 0 Å². The van der Waals surface area contributed by atoms with Crippen molar-refractivity contribution in [3.8, 4) is 11.4 Å². The lowest BCUT2D eigenvalue weighted by Crippen LogP contribution is -1.96. The predicted octanol–water partition coefficient (Wildman–Crippen LogP) is 1.68. The van der Waals surface area contributed by atoms with Gasteiger partial charge in [0.15, 0.2) is 11.5 Å². The lowest BCUT2D eigenvalue weighted by Gasteiger charge is -1.98. The van der Waals surface area contributed by atoms with Crippen molar-refractivity contribution in [3.63, 3.8) is 0 Å². The van der Waals surface area contributed by atoms with Crippen molar-refractivity contribution < 1.29 is 0 Å². The van der Waals surface area contributed by atoms with Crippen molar-refractivity contribution in [1.29, 1.82) is 0 Å². The summed E-state index contributed by atoms with van der Waals surface area (Å²) in [6.45, 7) is 1.95. The van der Waals surface area contributed by atoms with Gasteiger partial charge in [-0.05, 0) is 30.7 Å². The van der Waals surface area contributed by atoms with Crippen molar-refractivity contribution >= 4 is 11.3 Å². The number of nitrogens with two attached hydrogens (primary N) is 1. The molecule has 0 aliphatic heterocycles. The highest BCUT2D eigenvalue weighted by molar-refractivity contribution is 5.70. The summed E-state index contributed by atoms with van der Waals surface area (Å²) in [5.74, 6) is 0.635. The van der Waals surface area contributed by atoms with Crippen LogP contribution in [0.2, 0.25) is 0 Å². The van der Waals surface area contributed by atoms with Crippen LogP contribution in [-0.4, -0.2) is 19.6 Å². The van der Waals surface area contributed by atoms with Crippen LogP contribution in [0.3, 0.4) is 0 Å². The van der Waals surface area contributed by atoms with Gasteiger partial charge in [0, 0.05) is 24.2 Å². The minimum Gasteiger partial charge on any atom is -0.395 e. The molecule has 0 spiro atoms. The van der Waals surface area contributed by atoms with Crippen LogP contribution in [0.25, 0.3) is 17.0 Å². The number of aromatic nitrogens is 4. The Morgan fingerprint density at radius 3 is 2.94 bits per heavy atom. The van der Waals surface area contributed by atoms with Gasteiger partial charge >= 0.3 is 0 Å². The Bertz CT molecular complexity index is 672. The molecule has 17 heavy (non-hydrogen) atoms. The molecule has 0 aromatic carbocycles. The Kier molecular flexibility index (Phi) is 2.04. The van der Waals surface area contributed by atoms with E-state index >= 15 is 0 Å². The molecule has 5 heteroatoms. The average molecular weight is 225 g/mol. The number of aryl methyl sites for hydroxylation is 1. The van der Waals surface area contributed by atoms with Crippen LogP contribution in [0, 0.1) is 6.92 Å². The van der Waals surface area contributed by atoms with E-state index < -0.39 is 0 Å². The Hall–Kier alpha value is -2.43. The maximum Gasteiger partial charge on any atom is 0.183 e. The standard InChI is InChI=1S/C12H11N5/c1-8-4-6-17-12(10(8)13)15-11(16-17)9-3-2-5-14-7-9/h2-7H,13H2,1H3. The van der Waals surface area contributed by atoms with Crippen LogP contribution in [-0.2, 0) is 0 Å². The maximum atomic E-state index is 5.97. The molecule has 0 fully saturated rings. The van der Waals surface area contributed by atoms with Crippen LogP contribution < -0.4 is 5.73 Å². The lowest BCUT2D eigenvalue weighted by molar-refractivity contribution is 0.963. The highest BCUT2D eigenvalue weighted by atomic mass is 15.3. The number of rotatable bonds is 1. The molecule has 2 N–H and O–H groups in total. The molecule has 0 aliphatic carbocycles. The van der Waals surface area contributed by atoms with Crippen LogP contribution in [0.5, 0.6) is 0 Å². The first-order valence-electron chi connectivity index (χ1n) is 5.27. The van der Waals surface area contributed by atoms with Crippen molar-refractivity contribution in [3.05, 3.63) is 42.4 Å². The fraction of sp³-hybridized carbons (Fsp3) is 0.0833. The largest absolute Gasteiger partial charge is 0.395 e. The van der Waals surface area contributed by atoms with Gasteiger partial charge in [-0.1, -0.05) is 0 Å². The monoisotopic (exact) mass is 225 g/mol. The van der Waals surface area contributed by atoms with E-state index in [9.17, 15) is 0 Å². The summed E-state index contributed by atoms with van der Waals surface area (Å²) in [7, 11) is 0. The Morgan fingerprint density at radius 1 is 1.29 bits per heavy atom. The molecule has 5 nitrogen and oxygen atoms in total. The summed E-state index contributed by atoms with van der Waals surface area (Å²) in [6, 6.07) is 5.70. The van der Waals surface area contributed by atoms with Gasteiger partial charge in [0.1, 0.15) is 0 Å². The number of hydrogen-bond acceptors (Lipinski definition) is 4. The molecule has 3 aromatic heterocycles. The minimum absolute atomic E-state index is 0.635. The second-order valence-corrected chi connectivity index (χ2v) is 3.86. The molecule has 3 heterocycles. The Morgan fingerprint density at radius 2 is 2.18 bits per heavy atom. The van der Waals surface area contributed by atoms with Gasteiger partial charge in [-0.25, -0.2) is 9.50 Å². The van der Waals surface area contributed by atoms with E-state index in [1.54, 1.807) is 16.9 Å². The highest BCUT2D eigenvalue weighted by Crippen LogP contribution is 2.20. The van der Waals surface area contributed by atoms with E-state index in [0.717, 1.165) is 11.1 Å². The van der Waals surface area contributed by atoms with Gasteiger partial charge in [0.25, 0.3) is 0 Å². The van der Waals surface area contributed by atoms with E-state index in [0.29, 0.717) is 17.2 Å². The van der Waals surface area contributed by atoms with Crippen LogP contribution in [0.15, 0.2) is 36.8 Å². The van der Waals surface area contributed by atoms with Gasteiger partial charge < -0.3 is 5.73 Å². The highest BCUT2D eigenvalue weighted by Gasteiger charge is 2.09. The van der Waals surface area contributed by atoms with E-state index in [1.807, 2.05) is 31.3 Å². The van der Waals surface area contributed by atoms with E-state index in [1.165, 1.54) is 0 Å². The normalized spacial score (nSPS) is 10.9. The summed E-state index contributed by atoms with van der Waals surface area (Å²) in [5, 5.41) is 4.37. The third-order valence-corrected chi connectivity index (χ3v) is 2.68. The molecular weight excluding hydrogens is 214 g/mol. The number of fused-ring (bicyclic) bond motifs is 1. The van der Waals surface area contributed by atoms with Gasteiger partial charge in [-0.2, -0.15) is 0 Å². The molecule has 0 unspecified atom stereocenters. The van der Waals surface area contributed by atoms with E-state index in [4.69, 9.17) is 5.73 Å². The first-order chi connectivity index (χ1) is 8.25.